The second-order valence-corrected chi connectivity index (χ2v) is 19.5. The first kappa shape index (κ1) is 39.9. The molecule has 1 spiro atoms. The number of esters is 1. The number of amides is 3. The molecule has 298 valence electrons. The van der Waals surface area contributed by atoms with Gasteiger partial charge in [-0.2, -0.15) is 0 Å². The molecule has 0 unspecified atom stereocenters. The third-order valence-electron chi connectivity index (χ3n) is 11.4. The van der Waals surface area contributed by atoms with Crippen molar-refractivity contribution in [3.63, 3.8) is 0 Å². The van der Waals surface area contributed by atoms with E-state index in [1.807, 2.05) is 67.6 Å². The van der Waals surface area contributed by atoms with Crippen molar-refractivity contribution in [2.75, 3.05) is 36.6 Å². The molecule has 0 aliphatic carbocycles. The summed E-state index contributed by atoms with van der Waals surface area (Å²) in [5.41, 5.74) is 1.24. The highest BCUT2D eigenvalue weighted by atomic mass is 28.4. The van der Waals surface area contributed by atoms with Crippen LogP contribution >= 0.6 is 0 Å². The van der Waals surface area contributed by atoms with Gasteiger partial charge in [0.05, 0.1) is 43.2 Å². The minimum Gasteiger partial charge on any atom is -0.469 e. The molecule has 3 heterocycles. The molecule has 4 atom stereocenters. The molecule has 13 heteroatoms. The van der Waals surface area contributed by atoms with Crippen molar-refractivity contribution in [2.24, 2.45) is 5.92 Å². The van der Waals surface area contributed by atoms with Gasteiger partial charge in [-0.05, 0) is 74.0 Å². The predicted octanol–water partition coefficient (Wildman–Crippen LogP) is 6.67. The number of unbranched alkanes of at least 4 members (excludes halogenated alkanes) is 1. The number of carbonyl (C=O) groups excluding carboxylic acids is 4. The van der Waals surface area contributed by atoms with Crippen molar-refractivity contribution in [1.82, 2.24) is 4.90 Å². The van der Waals surface area contributed by atoms with E-state index in [2.05, 4.69) is 0 Å². The lowest BCUT2D eigenvalue weighted by Crippen LogP contribution is -2.46. The van der Waals surface area contributed by atoms with Gasteiger partial charge in [0.15, 0.2) is 19.7 Å². The number of rotatable bonds is 13. The average Bonchev–Trinajstić information content (AvgIpc) is 3.57. The Morgan fingerprint density at radius 1 is 0.912 bits per heavy atom. The normalized spacial score (nSPS) is 21.1. The number of benzene rings is 4. The number of aliphatic hydroxyl groups is 1. The quantitative estimate of drug-likeness (QED) is 0.0862. The molecule has 3 amide bonds. The third-order valence-corrected chi connectivity index (χ3v) is 13.9. The number of methoxy groups -OCH3 is 1. The van der Waals surface area contributed by atoms with E-state index in [-0.39, 0.29) is 62.8 Å². The van der Waals surface area contributed by atoms with Crippen molar-refractivity contribution < 1.29 is 43.3 Å². The number of hydrogen-bond donors (Lipinski definition) is 2. The summed E-state index contributed by atoms with van der Waals surface area (Å²) in [5, 5.41) is 9.94. The fraction of sp³-hybridized carbons (Fsp3) is 0.364. The number of anilines is 3. The lowest BCUT2D eigenvalue weighted by Gasteiger charge is -2.33. The summed E-state index contributed by atoms with van der Waals surface area (Å²) in [7, 11) is -1.82. The van der Waals surface area contributed by atoms with Gasteiger partial charge in [-0.3, -0.25) is 24.1 Å². The second kappa shape index (κ2) is 16.3. The maximum Gasteiger partial charge on any atom is 0.305 e. The van der Waals surface area contributed by atoms with Gasteiger partial charge in [-0.1, -0.05) is 61.5 Å². The predicted molar refractivity (Wildman–Crippen MR) is 217 cm³/mol. The largest absolute Gasteiger partial charge is 0.469 e. The van der Waals surface area contributed by atoms with Crippen LogP contribution in [-0.2, 0) is 36.0 Å². The van der Waals surface area contributed by atoms with Crippen LogP contribution in [0.1, 0.15) is 54.1 Å². The van der Waals surface area contributed by atoms with E-state index in [0.717, 1.165) is 5.56 Å². The first-order valence-electron chi connectivity index (χ1n) is 19.5. The molecule has 12 nitrogen and oxygen atoms in total. The number of ether oxygens (including phenoxy) is 3. The number of para-hydroxylation sites is 3. The molecule has 1 fully saturated rings. The zero-order valence-corrected chi connectivity index (χ0v) is 33.7. The lowest BCUT2D eigenvalue weighted by atomic mass is 9.82. The summed E-state index contributed by atoms with van der Waals surface area (Å²) in [4.78, 5) is 72.5. The molecule has 0 radical (unpaired) electrons. The number of nitrogens with zero attached hydrogens (tertiary/aromatic N) is 3. The maximum atomic E-state index is 15.1. The zero-order valence-electron chi connectivity index (χ0n) is 32.7. The Labute approximate surface area is 333 Å². The molecule has 4 aromatic rings. The van der Waals surface area contributed by atoms with Crippen LogP contribution in [-0.4, -0.2) is 79.7 Å². The van der Waals surface area contributed by atoms with Gasteiger partial charge >= 0.3 is 5.97 Å². The van der Waals surface area contributed by atoms with Crippen molar-refractivity contribution in [2.45, 2.75) is 69.5 Å². The van der Waals surface area contributed by atoms with Crippen LogP contribution in [0.3, 0.4) is 0 Å². The molecule has 0 bridgehead atoms. The van der Waals surface area contributed by atoms with Gasteiger partial charge < -0.3 is 33.9 Å². The Morgan fingerprint density at radius 3 is 2.33 bits per heavy atom. The Kier molecular flexibility index (Phi) is 11.4. The van der Waals surface area contributed by atoms with Crippen molar-refractivity contribution in [3.8, 4) is 11.5 Å². The number of carbonyl (C=O) groups is 4. The zero-order chi connectivity index (χ0) is 40.5. The van der Waals surface area contributed by atoms with E-state index >= 15 is 4.79 Å². The van der Waals surface area contributed by atoms with Gasteiger partial charge in [0.25, 0.3) is 11.8 Å². The van der Waals surface area contributed by atoms with Gasteiger partial charge in [0.1, 0.15) is 5.75 Å². The molecular formula is C44H49N3O9Si. The first-order chi connectivity index (χ1) is 27.4. The summed E-state index contributed by atoms with van der Waals surface area (Å²) in [6.07, 6.45) is 0.237. The number of fused-ring (bicyclic) bond motifs is 4. The fourth-order valence-corrected chi connectivity index (χ4v) is 11.4. The van der Waals surface area contributed by atoms with E-state index in [1.54, 1.807) is 64.2 Å². The highest BCUT2D eigenvalue weighted by Crippen LogP contribution is 2.60. The van der Waals surface area contributed by atoms with Crippen molar-refractivity contribution in [3.05, 3.63) is 114 Å². The number of hydrogen-bond acceptors (Lipinski definition) is 9. The summed E-state index contributed by atoms with van der Waals surface area (Å²) in [6, 6.07) is 29.3. The van der Waals surface area contributed by atoms with E-state index in [9.17, 15) is 24.3 Å². The van der Waals surface area contributed by atoms with Crippen molar-refractivity contribution in [1.29, 1.82) is 0 Å². The average molecular weight is 792 g/mol. The highest BCUT2D eigenvalue weighted by Gasteiger charge is 2.66. The SMILES string of the molecule is COC(=O)CCCCN1C(=O)[C@]2(O[C@H](CC(=O)N(CCO)Cc3ccccc3)[C@@H]([Si](C)(C)O)[C@@H]2C)c2cc(N3C(=O)c4ccccc4Oc4ccccc43)ccc21. The van der Waals surface area contributed by atoms with Crippen LogP contribution in [0.25, 0.3) is 0 Å². The molecule has 4 aromatic carbocycles. The van der Waals surface area contributed by atoms with E-state index in [1.165, 1.54) is 7.11 Å². The smallest absolute Gasteiger partial charge is 0.305 e. The first-order valence-corrected chi connectivity index (χ1v) is 22.5. The van der Waals surface area contributed by atoms with Crippen LogP contribution < -0.4 is 14.5 Å². The van der Waals surface area contributed by atoms with Crippen LogP contribution in [0.2, 0.25) is 18.6 Å². The van der Waals surface area contributed by atoms with Crippen molar-refractivity contribution >= 4 is 49.1 Å². The minimum atomic E-state index is -3.16. The Hall–Kier alpha value is -5.34. The van der Waals surface area contributed by atoms with Gasteiger partial charge in [0.2, 0.25) is 5.91 Å². The second-order valence-electron chi connectivity index (χ2n) is 15.5. The monoisotopic (exact) mass is 791 g/mol. The van der Waals surface area contributed by atoms with Crippen LogP contribution in [0, 0.1) is 5.92 Å². The molecule has 57 heavy (non-hydrogen) atoms. The van der Waals surface area contributed by atoms with E-state index < -0.39 is 31.5 Å². The Bertz CT molecular complexity index is 2160. The maximum absolute atomic E-state index is 15.1. The molecule has 1 saturated heterocycles. The standard InChI is InChI=1S/C44H49N3O9Si/c1-29-41(57(3,4)53)38(27-39(49)45(24-25-48)28-30-14-6-5-7-15-30)56-44(29)33-26-31(21-22-34(33)46(43(44)52)23-13-12-20-40(50)54-2)47-35-17-9-11-19-37(35)55-36-18-10-8-16-32(36)42(47)51/h5-11,14-19,21-22,26,29,38,41,48,53H,12-13,20,23-25,27-28H2,1-4H3/t29-,38+,41-,44+/m0/s1. The molecule has 3 aliphatic heterocycles. The van der Waals surface area contributed by atoms with Gasteiger partial charge in [-0.15, -0.1) is 0 Å². The Balaban J connectivity index is 1.31. The number of aliphatic hydroxyl groups excluding tert-OH is 1. The molecule has 0 saturated carbocycles. The summed E-state index contributed by atoms with van der Waals surface area (Å²) in [6.45, 7) is 5.94. The lowest BCUT2D eigenvalue weighted by molar-refractivity contribution is -0.149. The Morgan fingerprint density at radius 2 is 1.61 bits per heavy atom. The fourth-order valence-electron chi connectivity index (χ4n) is 8.85. The topological polar surface area (TPSA) is 146 Å². The van der Waals surface area contributed by atoms with E-state index in [0.29, 0.717) is 52.5 Å². The molecular weight excluding hydrogens is 743 g/mol. The van der Waals surface area contributed by atoms with Gasteiger partial charge in [0, 0.05) is 48.8 Å². The highest BCUT2D eigenvalue weighted by molar-refractivity contribution is 6.71. The van der Waals surface area contributed by atoms with Crippen LogP contribution in [0.5, 0.6) is 11.5 Å². The summed E-state index contributed by atoms with van der Waals surface area (Å²) < 4.78 is 18.1. The van der Waals surface area contributed by atoms with Crippen LogP contribution in [0.15, 0.2) is 97.1 Å². The molecule has 3 aliphatic rings. The molecule has 0 aromatic heterocycles. The molecule has 7 rings (SSSR count). The summed E-state index contributed by atoms with van der Waals surface area (Å²) >= 11 is 0. The van der Waals surface area contributed by atoms with Crippen LogP contribution in [0.4, 0.5) is 17.1 Å². The molecule has 2 N–H and O–H groups in total. The third kappa shape index (κ3) is 7.48. The van der Waals surface area contributed by atoms with Gasteiger partial charge in [-0.25, -0.2) is 0 Å². The minimum absolute atomic E-state index is 0.106. The summed E-state index contributed by atoms with van der Waals surface area (Å²) in [5.74, 6) is -0.931. The van der Waals surface area contributed by atoms with E-state index in [4.69, 9.17) is 14.2 Å².